The summed E-state index contributed by atoms with van der Waals surface area (Å²) < 4.78 is 10.9. The number of carbonyl (C=O) groups excluding carboxylic acids is 5. The second-order valence-electron chi connectivity index (χ2n) is 11.2. The summed E-state index contributed by atoms with van der Waals surface area (Å²) >= 11 is 1.25. The van der Waals surface area contributed by atoms with Gasteiger partial charge in [0.1, 0.15) is 5.70 Å². The lowest BCUT2D eigenvalue weighted by molar-refractivity contribution is -0.114. The van der Waals surface area contributed by atoms with Crippen LogP contribution < -0.4 is 25.4 Å². The van der Waals surface area contributed by atoms with Crippen LogP contribution in [0.5, 0.6) is 11.5 Å². The van der Waals surface area contributed by atoms with Gasteiger partial charge >= 0.3 is 0 Å². The summed E-state index contributed by atoms with van der Waals surface area (Å²) in [5.41, 5.74) is 2.66. The molecule has 51 heavy (non-hydrogen) atoms. The lowest BCUT2D eigenvalue weighted by Gasteiger charge is -2.20. The Labute approximate surface area is 297 Å². The molecule has 1 aliphatic carbocycles. The fourth-order valence-corrected chi connectivity index (χ4v) is 6.24. The topological polar surface area (TPSA) is 140 Å². The SMILES string of the molecule is COc1cccc(/C=C(\NC(=O)c2ccccc2)C(=O)Nc2ccc(SCC(=O)Nc3cccc4c3C(=O)c3ccccc3C4=O)cc2)c1OC. The van der Waals surface area contributed by atoms with Crippen molar-refractivity contribution in [3.05, 3.63) is 154 Å². The Morgan fingerprint density at radius 1 is 0.686 bits per heavy atom. The van der Waals surface area contributed by atoms with Crippen LogP contribution >= 0.6 is 11.8 Å². The molecule has 5 aromatic rings. The zero-order valence-electron chi connectivity index (χ0n) is 27.5. The van der Waals surface area contributed by atoms with Gasteiger partial charge < -0.3 is 25.4 Å². The summed E-state index contributed by atoms with van der Waals surface area (Å²) in [5, 5.41) is 8.31. The molecular weight excluding hydrogens is 667 g/mol. The molecule has 0 radical (unpaired) electrons. The van der Waals surface area contributed by atoms with Crippen LogP contribution in [0.25, 0.3) is 6.08 Å². The Morgan fingerprint density at radius 3 is 2.06 bits per heavy atom. The van der Waals surface area contributed by atoms with Gasteiger partial charge in [0.15, 0.2) is 23.1 Å². The molecule has 0 atom stereocenters. The molecule has 11 heteroatoms. The molecule has 0 bridgehead atoms. The molecule has 254 valence electrons. The van der Waals surface area contributed by atoms with E-state index in [1.54, 1.807) is 115 Å². The van der Waals surface area contributed by atoms with Crippen molar-refractivity contribution in [3.8, 4) is 11.5 Å². The van der Waals surface area contributed by atoms with Crippen molar-refractivity contribution in [3.63, 3.8) is 0 Å². The van der Waals surface area contributed by atoms with Crippen molar-refractivity contribution in [2.45, 2.75) is 4.90 Å². The smallest absolute Gasteiger partial charge is 0.272 e. The number of ether oxygens (including phenoxy) is 2. The molecule has 10 nitrogen and oxygen atoms in total. The lowest BCUT2D eigenvalue weighted by Crippen LogP contribution is -2.30. The van der Waals surface area contributed by atoms with Gasteiger partial charge in [-0.2, -0.15) is 0 Å². The zero-order valence-corrected chi connectivity index (χ0v) is 28.3. The fourth-order valence-electron chi connectivity index (χ4n) is 5.54. The van der Waals surface area contributed by atoms with Gasteiger partial charge in [-0.05, 0) is 54.6 Å². The number of anilines is 2. The highest BCUT2D eigenvalue weighted by molar-refractivity contribution is 8.00. The normalized spacial score (nSPS) is 11.9. The Hall–Kier alpha value is -6.46. The summed E-state index contributed by atoms with van der Waals surface area (Å²) in [6, 6.07) is 32.0. The number of carbonyl (C=O) groups is 5. The average molecular weight is 698 g/mol. The number of hydrogen-bond acceptors (Lipinski definition) is 8. The second-order valence-corrected chi connectivity index (χ2v) is 12.3. The second kappa shape index (κ2) is 15.4. The molecule has 0 unspecified atom stereocenters. The number of methoxy groups -OCH3 is 2. The van der Waals surface area contributed by atoms with Crippen LogP contribution in [0.15, 0.2) is 126 Å². The minimum absolute atomic E-state index is 0.0227. The Kier molecular flexibility index (Phi) is 10.4. The van der Waals surface area contributed by atoms with Crippen LogP contribution in [0.3, 0.4) is 0 Å². The standard InChI is InChI=1S/C40H31N3O7S/c1-49-33-17-8-12-25(38(33)50-2)22-32(43-39(47)24-10-4-3-5-11-24)40(48)41-26-18-20-27(21-19-26)51-23-34(44)42-31-16-9-15-30-35(31)37(46)29-14-7-6-13-28(29)36(30)45/h3-22H,23H2,1-2H3,(H,41,48)(H,42,44)(H,43,47)/b32-22-. The van der Waals surface area contributed by atoms with Crippen LogP contribution in [0.2, 0.25) is 0 Å². The maximum absolute atomic E-state index is 13.6. The van der Waals surface area contributed by atoms with E-state index in [0.29, 0.717) is 39.4 Å². The molecule has 6 rings (SSSR count). The van der Waals surface area contributed by atoms with E-state index in [2.05, 4.69) is 16.0 Å². The van der Waals surface area contributed by atoms with Gasteiger partial charge in [-0.3, -0.25) is 24.0 Å². The van der Waals surface area contributed by atoms with E-state index in [0.717, 1.165) is 4.90 Å². The van der Waals surface area contributed by atoms with Crippen LogP contribution in [-0.2, 0) is 9.59 Å². The number of fused-ring (bicyclic) bond motifs is 2. The third-order valence-corrected chi connectivity index (χ3v) is 8.98. The van der Waals surface area contributed by atoms with Crippen molar-refractivity contribution in [2.75, 3.05) is 30.6 Å². The highest BCUT2D eigenvalue weighted by atomic mass is 32.2. The maximum atomic E-state index is 13.6. The minimum atomic E-state index is -0.578. The van der Waals surface area contributed by atoms with Gasteiger partial charge in [0.2, 0.25) is 5.91 Å². The molecule has 3 amide bonds. The Balaban J connectivity index is 1.13. The Morgan fingerprint density at radius 2 is 1.35 bits per heavy atom. The van der Waals surface area contributed by atoms with E-state index in [1.165, 1.54) is 32.1 Å². The van der Waals surface area contributed by atoms with E-state index < -0.39 is 11.8 Å². The van der Waals surface area contributed by atoms with E-state index >= 15 is 0 Å². The summed E-state index contributed by atoms with van der Waals surface area (Å²) in [5.74, 6) is -1.12. The molecule has 3 N–H and O–H groups in total. The number of thioether (sulfide) groups is 1. The molecule has 0 aromatic heterocycles. The number of nitrogens with one attached hydrogen (secondary N) is 3. The van der Waals surface area contributed by atoms with Crippen LogP contribution in [0, 0.1) is 0 Å². The Bertz CT molecular complexity index is 2200. The molecule has 0 saturated heterocycles. The number of rotatable bonds is 11. The maximum Gasteiger partial charge on any atom is 0.272 e. The third-order valence-electron chi connectivity index (χ3n) is 7.97. The number of hydrogen-bond donors (Lipinski definition) is 3. The molecule has 0 aliphatic heterocycles. The lowest BCUT2D eigenvalue weighted by atomic mass is 9.83. The summed E-state index contributed by atoms with van der Waals surface area (Å²) in [6.45, 7) is 0. The van der Waals surface area contributed by atoms with Crippen molar-refractivity contribution >= 4 is 58.5 Å². The molecule has 1 aliphatic rings. The van der Waals surface area contributed by atoms with Gasteiger partial charge in [-0.1, -0.05) is 66.7 Å². The largest absolute Gasteiger partial charge is 0.493 e. The monoisotopic (exact) mass is 697 g/mol. The van der Waals surface area contributed by atoms with Crippen molar-refractivity contribution < 1.29 is 33.4 Å². The first-order valence-electron chi connectivity index (χ1n) is 15.7. The van der Waals surface area contributed by atoms with E-state index in [4.69, 9.17) is 9.47 Å². The van der Waals surface area contributed by atoms with Crippen LogP contribution in [-0.4, -0.2) is 49.3 Å². The fraction of sp³-hybridized carbons (Fsp3) is 0.0750. The number of benzene rings is 5. The summed E-state index contributed by atoms with van der Waals surface area (Å²) in [4.78, 5) is 66.7. The minimum Gasteiger partial charge on any atom is -0.493 e. The first-order chi connectivity index (χ1) is 24.8. The van der Waals surface area contributed by atoms with Gasteiger partial charge in [0, 0.05) is 38.4 Å². The van der Waals surface area contributed by atoms with Crippen molar-refractivity contribution in [2.24, 2.45) is 0 Å². The molecule has 0 fully saturated rings. The van der Waals surface area contributed by atoms with Crippen molar-refractivity contribution in [1.29, 1.82) is 0 Å². The molecule has 5 aromatic carbocycles. The predicted molar refractivity (Wildman–Crippen MR) is 196 cm³/mol. The van der Waals surface area contributed by atoms with Gasteiger partial charge in [0.25, 0.3) is 11.8 Å². The molecular formula is C40H31N3O7S. The molecule has 0 spiro atoms. The van der Waals surface area contributed by atoms with Gasteiger partial charge in [0.05, 0.1) is 31.2 Å². The van der Waals surface area contributed by atoms with E-state index in [9.17, 15) is 24.0 Å². The average Bonchev–Trinajstić information content (AvgIpc) is 3.16. The summed E-state index contributed by atoms with van der Waals surface area (Å²) in [7, 11) is 2.99. The predicted octanol–water partition coefficient (Wildman–Crippen LogP) is 6.62. The highest BCUT2D eigenvalue weighted by Crippen LogP contribution is 2.33. The first kappa shape index (κ1) is 34.4. The zero-order chi connectivity index (χ0) is 35.9. The number of ketones is 2. The van der Waals surface area contributed by atoms with Crippen LogP contribution in [0.1, 0.15) is 47.8 Å². The third kappa shape index (κ3) is 7.58. The van der Waals surface area contributed by atoms with Gasteiger partial charge in [-0.25, -0.2) is 0 Å². The first-order valence-corrected chi connectivity index (χ1v) is 16.7. The molecule has 0 saturated carbocycles. The van der Waals surface area contributed by atoms with Crippen LogP contribution in [0.4, 0.5) is 11.4 Å². The van der Waals surface area contributed by atoms with Gasteiger partial charge in [-0.15, -0.1) is 11.8 Å². The van der Waals surface area contributed by atoms with E-state index in [1.807, 2.05) is 0 Å². The van der Waals surface area contributed by atoms with Crippen molar-refractivity contribution in [1.82, 2.24) is 5.32 Å². The molecule has 0 heterocycles. The van der Waals surface area contributed by atoms with E-state index in [-0.39, 0.29) is 45.7 Å². The summed E-state index contributed by atoms with van der Waals surface area (Å²) in [6.07, 6.45) is 1.51. The number of para-hydroxylation sites is 1. The quantitative estimate of drug-likeness (QED) is 0.101. The number of amides is 3. The highest BCUT2D eigenvalue weighted by Gasteiger charge is 2.31.